The van der Waals surface area contributed by atoms with Crippen LogP contribution in [-0.2, 0) is 11.3 Å². The van der Waals surface area contributed by atoms with Crippen molar-refractivity contribution in [2.24, 2.45) is 0 Å². The van der Waals surface area contributed by atoms with Crippen molar-refractivity contribution in [2.75, 3.05) is 38.1 Å². The lowest BCUT2D eigenvalue weighted by Crippen LogP contribution is -2.44. The summed E-state index contributed by atoms with van der Waals surface area (Å²) in [4.78, 5) is 17.3. The van der Waals surface area contributed by atoms with Gasteiger partial charge in [-0.25, -0.2) is 0 Å². The molecule has 2 aromatic carbocycles. The molecule has 1 fully saturated rings. The molecule has 28 heavy (non-hydrogen) atoms. The Morgan fingerprint density at radius 2 is 1.79 bits per heavy atom. The van der Waals surface area contributed by atoms with Gasteiger partial charge in [0, 0.05) is 38.4 Å². The first-order valence-electron chi connectivity index (χ1n) is 9.78. The van der Waals surface area contributed by atoms with Gasteiger partial charge in [-0.05, 0) is 43.3 Å². The second-order valence-corrected chi connectivity index (χ2v) is 7.53. The summed E-state index contributed by atoms with van der Waals surface area (Å²) in [7, 11) is 2.15. The Bertz CT molecular complexity index is 774. The van der Waals surface area contributed by atoms with Crippen LogP contribution in [0.2, 0.25) is 5.02 Å². The van der Waals surface area contributed by atoms with E-state index in [1.54, 1.807) is 12.1 Å². The second-order valence-electron chi connectivity index (χ2n) is 7.12. The molecule has 0 saturated carbocycles. The third-order valence-corrected chi connectivity index (χ3v) is 5.35. The molecule has 2 aromatic rings. The molecule has 5 nitrogen and oxygen atoms in total. The van der Waals surface area contributed by atoms with Crippen LogP contribution < -0.4 is 15.0 Å². The molecule has 1 aliphatic rings. The number of carbonyl (C=O) groups is 1. The van der Waals surface area contributed by atoms with Gasteiger partial charge in [-0.1, -0.05) is 42.8 Å². The normalized spacial score (nSPS) is 15.9. The Balaban J connectivity index is 1.52. The van der Waals surface area contributed by atoms with Crippen LogP contribution >= 0.6 is 11.6 Å². The first-order valence-corrected chi connectivity index (χ1v) is 10.2. The number of nitrogens with one attached hydrogen (secondary N) is 1. The third kappa shape index (κ3) is 5.40. The van der Waals surface area contributed by atoms with Crippen molar-refractivity contribution in [1.82, 2.24) is 10.2 Å². The second kappa shape index (κ2) is 9.80. The molecule has 3 rings (SSSR count). The highest BCUT2D eigenvalue weighted by Crippen LogP contribution is 2.25. The fraction of sp³-hybridized carbons (Fsp3) is 0.409. The summed E-state index contributed by atoms with van der Waals surface area (Å²) in [5, 5.41) is 3.47. The molecule has 0 spiro atoms. The number of rotatable bonds is 7. The van der Waals surface area contributed by atoms with Crippen molar-refractivity contribution >= 4 is 23.2 Å². The highest BCUT2D eigenvalue weighted by Gasteiger charge is 2.19. The van der Waals surface area contributed by atoms with E-state index >= 15 is 0 Å². The van der Waals surface area contributed by atoms with Gasteiger partial charge in [0.2, 0.25) is 0 Å². The number of likely N-dealkylation sites (N-methyl/N-ethyl adjacent to an activating group) is 1. The minimum atomic E-state index is -0.565. The first kappa shape index (κ1) is 20.5. The molecule has 0 bridgehead atoms. The third-order valence-electron chi connectivity index (χ3n) is 5.04. The molecule has 1 saturated heterocycles. The van der Waals surface area contributed by atoms with Crippen LogP contribution in [-0.4, -0.2) is 50.1 Å². The van der Waals surface area contributed by atoms with E-state index < -0.39 is 6.10 Å². The molecule has 0 aliphatic carbocycles. The van der Waals surface area contributed by atoms with Crippen LogP contribution in [0.1, 0.15) is 18.9 Å². The number of amides is 1. The lowest BCUT2D eigenvalue weighted by molar-refractivity contribution is -0.128. The van der Waals surface area contributed by atoms with Crippen molar-refractivity contribution in [3.8, 4) is 5.75 Å². The van der Waals surface area contributed by atoms with Crippen molar-refractivity contribution in [3.05, 3.63) is 59.1 Å². The summed E-state index contributed by atoms with van der Waals surface area (Å²) in [6, 6.07) is 15.6. The van der Waals surface area contributed by atoms with Gasteiger partial charge in [0.05, 0.1) is 5.02 Å². The van der Waals surface area contributed by atoms with Crippen LogP contribution in [0.25, 0.3) is 0 Å². The number of para-hydroxylation sites is 1. The summed E-state index contributed by atoms with van der Waals surface area (Å²) in [5.74, 6) is 0.397. The maximum absolute atomic E-state index is 12.5. The fourth-order valence-corrected chi connectivity index (χ4v) is 3.39. The topological polar surface area (TPSA) is 44.8 Å². The van der Waals surface area contributed by atoms with Crippen LogP contribution in [0, 0.1) is 0 Å². The highest BCUT2D eigenvalue weighted by atomic mass is 35.5. The summed E-state index contributed by atoms with van der Waals surface area (Å²) in [6.07, 6.45) is 0.00358. The quantitative estimate of drug-likeness (QED) is 0.770. The molecular weight excluding hydrogens is 374 g/mol. The number of nitrogens with zero attached hydrogens (tertiary/aromatic N) is 2. The van der Waals surface area contributed by atoms with Gasteiger partial charge in [-0.15, -0.1) is 0 Å². The number of anilines is 1. The zero-order valence-electron chi connectivity index (χ0n) is 16.5. The SMILES string of the molecule is CCC(Oc1ccccc1Cl)C(=O)NCc1ccc(N2CCN(C)CC2)cc1. The fourth-order valence-electron chi connectivity index (χ4n) is 3.21. The zero-order chi connectivity index (χ0) is 19.9. The number of hydrogen-bond acceptors (Lipinski definition) is 4. The van der Waals surface area contributed by atoms with Gasteiger partial charge in [0.1, 0.15) is 5.75 Å². The molecule has 1 amide bonds. The van der Waals surface area contributed by atoms with E-state index in [2.05, 4.69) is 46.4 Å². The number of benzene rings is 2. The Morgan fingerprint density at radius 3 is 2.43 bits per heavy atom. The molecule has 0 aromatic heterocycles. The minimum Gasteiger partial charge on any atom is -0.479 e. The van der Waals surface area contributed by atoms with Crippen LogP contribution in [0.4, 0.5) is 5.69 Å². The van der Waals surface area contributed by atoms with Gasteiger partial charge in [-0.3, -0.25) is 4.79 Å². The zero-order valence-corrected chi connectivity index (χ0v) is 17.3. The predicted octanol–water partition coefficient (Wildman–Crippen LogP) is 3.57. The van der Waals surface area contributed by atoms with E-state index in [1.165, 1.54) is 5.69 Å². The molecule has 150 valence electrons. The van der Waals surface area contributed by atoms with E-state index in [-0.39, 0.29) is 5.91 Å². The Morgan fingerprint density at radius 1 is 1.11 bits per heavy atom. The summed E-state index contributed by atoms with van der Waals surface area (Å²) in [5.41, 5.74) is 2.30. The maximum atomic E-state index is 12.5. The molecule has 1 atom stereocenters. The summed E-state index contributed by atoms with van der Waals surface area (Å²) < 4.78 is 5.80. The van der Waals surface area contributed by atoms with Crippen LogP contribution in [0.15, 0.2) is 48.5 Å². The van der Waals surface area contributed by atoms with Crippen molar-refractivity contribution in [2.45, 2.75) is 26.0 Å². The predicted molar refractivity (Wildman–Crippen MR) is 114 cm³/mol. The lowest BCUT2D eigenvalue weighted by atomic mass is 10.1. The molecule has 0 radical (unpaired) electrons. The highest BCUT2D eigenvalue weighted by molar-refractivity contribution is 6.32. The standard InChI is InChI=1S/C22H28ClN3O2/c1-3-20(28-21-7-5-4-6-19(21)23)22(27)24-16-17-8-10-18(11-9-17)26-14-12-25(2)13-15-26/h4-11,20H,3,12-16H2,1-2H3,(H,24,27). The van der Waals surface area contributed by atoms with E-state index in [0.29, 0.717) is 23.7 Å². The monoisotopic (exact) mass is 401 g/mol. The largest absolute Gasteiger partial charge is 0.479 e. The first-order chi connectivity index (χ1) is 13.6. The molecule has 1 unspecified atom stereocenters. The lowest BCUT2D eigenvalue weighted by Gasteiger charge is -2.34. The molecule has 1 aliphatic heterocycles. The number of piperazine rings is 1. The summed E-state index contributed by atoms with van der Waals surface area (Å²) in [6.45, 7) is 6.66. The number of carbonyl (C=O) groups excluding carboxylic acids is 1. The van der Waals surface area contributed by atoms with Crippen LogP contribution in [0.3, 0.4) is 0 Å². The molecular formula is C22H28ClN3O2. The minimum absolute atomic E-state index is 0.134. The van der Waals surface area contributed by atoms with Gasteiger partial charge in [0.15, 0.2) is 6.10 Å². The van der Waals surface area contributed by atoms with Crippen LogP contribution in [0.5, 0.6) is 5.75 Å². The smallest absolute Gasteiger partial charge is 0.261 e. The van der Waals surface area contributed by atoms with Gasteiger partial charge < -0.3 is 19.9 Å². The van der Waals surface area contributed by atoms with Crippen molar-refractivity contribution < 1.29 is 9.53 Å². The van der Waals surface area contributed by atoms with Crippen molar-refractivity contribution in [1.29, 1.82) is 0 Å². The summed E-state index contributed by atoms with van der Waals surface area (Å²) >= 11 is 6.13. The number of hydrogen-bond donors (Lipinski definition) is 1. The van der Waals surface area contributed by atoms with Gasteiger partial charge in [-0.2, -0.15) is 0 Å². The molecule has 6 heteroatoms. The number of ether oxygens (including phenoxy) is 1. The Kier molecular flexibility index (Phi) is 7.18. The van der Waals surface area contributed by atoms with E-state index in [9.17, 15) is 4.79 Å². The van der Waals surface area contributed by atoms with Gasteiger partial charge in [0.25, 0.3) is 5.91 Å². The van der Waals surface area contributed by atoms with E-state index in [4.69, 9.17) is 16.3 Å². The van der Waals surface area contributed by atoms with E-state index in [1.807, 2.05) is 19.1 Å². The maximum Gasteiger partial charge on any atom is 0.261 e. The van der Waals surface area contributed by atoms with E-state index in [0.717, 1.165) is 31.7 Å². The average Bonchev–Trinajstić information content (AvgIpc) is 2.72. The molecule has 1 N–H and O–H groups in total. The van der Waals surface area contributed by atoms with Gasteiger partial charge >= 0.3 is 0 Å². The Labute approximate surface area is 172 Å². The average molecular weight is 402 g/mol. The molecule has 1 heterocycles. The number of halogens is 1. The Hall–Kier alpha value is -2.24. The van der Waals surface area contributed by atoms with Crippen molar-refractivity contribution in [3.63, 3.8) is 0 Å².